The Morgan fingerprint density at radius 3 is 2.19 bits per heavy atom. The lowest BCUT2D eigenvalue weighted by molar-refractivity contribution is -0.137. The minimum Gasteiger partial charge on any atom is -0.343 e. The molecule has 1 unspecified atom stereocenters. The minimum atomic E-state index is -0.235. The van der Waals surface area contributed by atoms with Crippen molar-refractivity contribution in [2.45, 2.75) is 52.5 Å². The Labute approximate surface area is 127 Å². The van der Waals surface area contributed by atoms with Gasteiger partial charge in [0, 0.05) is 38.2 Å². The third-order valence-corrected chi connectivity index (χ3v) is 4.14. The van der Waals surface area contributed by atoms with E-state index in [1.807, 2.05) is 11.9 Å². The van der Waals surface area contributed by atoms with E-state index in [1.165, 1.54) is 17.1 Å². The van der Waals surface area contributed by atoms with E-state index in [0.717, 1.165) is 19.3 Å². The highest BCUT2D eigenvalue weighted by Crippen LogP contribution is 2.12. The predicted octanol–water partition coefficient (Wildman–Crippen LogP) is 1.97. The molecule has 1 aliphatic rings. The Morgan fingerprint density at radius 2 is 1.67 bits per heavy atom. The summed E-state index contributed by atoms with van der Waals surface area (Å²) in [6.45, 7) is 6.70. The molecule has 0 radical (unpaired) electrons. The van der Waals surface area contributed by atoms with Gasteiger partial charge in [-0.3, -0.25) is 19.3 Å². The van der Waals surface area contributed by atoms with Crippen LogP contribution >= 0.6 is 0 Å². The highest BCUT2D eigenvalue weighted by molar-refractivity contribution is 6.12. The normalized spacial score (nSPS) is 16.0. The lowest BCUT2D eigenvalue weighted by Gasteiger charge is -2.28. The fraction of sp³-hybridized carbons (Fsp3) is 0.688. The largest absolute Gasteiger partial charge is 0.343 e. The summed E-state index contributed by atoms with van der Waals surface area (Å²) < 4.78 is 0. The van der Waals surface area contributed by atoms with E-state index in [1.54, 1.807) is 0 Å². The van der Waals surface area contributed by atoms with Crippen LogP contribution in [-0.4, -0.2) is 47.2 Å². The fourth-order valence-corrected chi connectivity index (χ4v) is 2.23. The van der Waals surface area contributed by atoms with Crippen LogP contribution in [-0.2, 0) is 14.4 Å². The Balaban J connectivity index is 2.18. The molecule has 5 heteroatoms. The molecule has 0 saturated carbocycles. The molecule has 0 fully saturated rings. The van der Waals surface area contributed by atoms with Crippen LogP contribution in [0.15, 0.2) is 12.2 Å². The van der Waals surface area contributed by atoms with Gasteiger partial charge in [0.2, 0.25) is 5.91 Å². The van der Waals surface area contributed by atoms with Crippen LogP contribution in [0.3, 0.4) is 0 Å². The summed E-state index contributed by atoms with van der Waals surface area (Å²) in [5, 5.41) is 0. The van der Waals surface area contributed by atoms with E-state index in [2.05, 4.69) is 20.8 Å². The average molecular weight is 294 g/mol. The van der Waals surface area contributed by atoms with Crippen molar-refractivity contribution in [1.82, 2.24) is 9.80 Å². The molecule has 1 rings (SSSR count). The third kappa shape index (κ3) is 4.99. The van der Waals surface area contributed by atoms with Crippen molar-refractivity contribution in [2.24, 2.45) is 5.92 Å². The molecule has 1 heterocycles. The van der Waals surface area contributed by atoms with Crippen LogP contribution in [0.4, 0.5) is 0 Å². The van der Waals surface area contributed by atoms with Gasteiger partial charge in [-0.25, -0.2) is 0 Å². The predicted molar refractivity (Wildman–Crippen MR) is 81.4 cm³/mol. The van der Waals surface area contributed by atoms with Crippen LogP contribution in [0.25, 0.3) is 0 Å². The number of imide groups is 1. The molecule has 0 N–H and O–H groups in total. The maximum atomic E-state index is 12.0. The molecule has 1 aliphatic heterocycles. The molecule has 1 atom stereocenters. The molecule has 118 valence electrons. The first-order valence-electron chi connectivity index (χ1n) is 7.63. The topological polar surface area (TPSA) is 57.7 Å². The molecule has 0 aliphatic carbocycles. The third-order valence-electron chi connectivity index (χ3n) is 4.14. The Hall–Kier alpha value is -1.65. The van der Waals surface area contributed by atoms with Crippen molar-refractivity contribution in [3.63, 3.8) is 0 Å². The van der Waals surface area contributed by atoms with Crippen molar-refractivity contribution in [3.05, 3.63) is 12.2 Å². The van der Waals surface area contributed by atoms with Gasteiger partial charge in [0.1, 0.15) is 0 Å². The first-order chi connectivity index (χ1) is 9.84. The van der Waals surface area contributed by atoms with Gasteiger partial charge in [-0.1, -0.05) is 20.3 Å². The molecule has 3 amide bonds. The van der Waals surface area contributed by atoms with Crippen LogP contribution in [0.2, 0.25) is 0 Å². The maximum Gasteiger partial charge on any atom is 0.253 e. The Morgan fingerprint density at radius 1 is 1.10 bits per heavy atom. The second kappa shape index (κ2) is 7.96. The van der Waals surface area contributed by atoms with Crippen LogP contribution < -0.4 is 0 Å². The van der Waals surface area contributed by atoms with Crippen molar-refractivity contribution in [2.75, 3.05) is 13.6 Å². The number of unbranched alkanes of at least 4 members (excludes halogenated alkanes) is 2. The lowest BCUT2D eigenvalue weighted by atomic mass is 10.0. The molecule has 0 saturated heterocycles. The summed E-state index contributed by atoms with van der Waals surface area (Å²) in [4.78, 5) is 37.7. The first-order valence-corrected chi connectivity index (χ1v) is 7.63. The van der Waals surface area contributed by atoms with Gasteiger partial charge in [-0.05, 0) is 25.7 Å². The quantitative estimate of drug-likeness (QED) is 0.508. The molecule has 21 heavy (non-hydrogen) atoms. The number of rotatable bonds is 8. The fourth-order valence-electron chi connectivity index (χ4n) is 2.23. The van der Waals surface area contributed by atoms with Crippen molar-refractivity contribution >= 4 is 17.7 Å². The van der Waals surface area contributed by atoms with Crippen molar-refractivity contribution in [1.29, 1.82) is 0 Å². The van der Waals surface area contributed by atoms with Gasteiger partial charge >= 0.3 is 0 Å². The summed E-state index contributed by atoms with van der Waals surface area (Å²) in [5.41, 5.74) is 0. The molecule has 0 aromatic heterocycles. The lowest BCUT2D eigenvalue weighted by Crippen LogP contribution is -2.38. The van der Waals surface area contributed by atoms with Crippen molar-refractivity contribution in [3.8, 4) is 0 Å². The second-order valence-corrected chi connectivity index (χ2v) is 5.96. The first kappa shape index (κ1) is 17.4. The summed E-state index contributed by atoms with van der Waals surface area (Å²) >= 11 is 0. The number of carbonyl (C=O) groups is 3. The molecule has 0 aromatic rings. The molecule has 0 aromatic carbocycles. The van der Waals surface area contributed by atoms with E-state index in [4.69, 9.17) is 0 Å². The van der Waals surface area contributed by atoms with Gasteiger partial charge < -0.3 is 4.90 Å². The molecular weight excluding hydrogens is 268 g/mol. The standard InChI is InChI=1S/C16H26N2O3/c1-12(2)13(3)17(4)14(19)8-6-5-7-11-18-15(20)9-10-16(18)21/h9-10,12-13H,5-8,11H2,1-4H3. The average Bonchev–Trinajstić information content (AvgIpc) is 2.76. The zero-order valence-corrected chi connectivity index (χ0v) is 13.5. The summed E-state index contributed by atoms with van der Waals surface area (Å²) in [7, 11) is 1.85. The highest BCUT2D eigenvalue weighted by Gasteiger charge is 2.22. The molecule has 0 spiro atoms. The molecule has 5 nitrogen and oxygen atoms in total. The smallest absolute Gasteiger partial charge is 0.253 e. The molecule has 0 bridgehead atoms. The zero-order chi connectivity index (χ0) is 16.0. The van der Waals surface area contributed by atoms with E-state index >= 15 is 0 Å². The Kier molecular flexibility index (Phi) is 6.59. The number of hydrogen-bond donors (Lipinski definition) is 0. The van der Waals surface area contributed by atoms with E-state index in [9.17, 15) is 14.4 Å². The summed E-state index contributed by atoms with van der Waals surface area (Å²) in [5.74, 6) is 0.132. The van der Waals surface area contributed by atoms with Gasteiger partial charge in [-0.2, -0.15) is 0 Å². The number of nitrogens with zero attached hydrogens (tertiary/aromatic N) is 2. The maximum absolute atomic E-state index is 12.0. The zero-order valence-electron chi connectivity index (χ0n) is 13.5. The minimum absolute atomic E-state index is 0.159. The van der Waals surface area contributed by atoms with Crippen LogP contribution in [0.5, 0.6) is 0 Å². The Bertz CT molecular complexity index is 411. The van der Waals surface area contributed by atoms with Crippen LogP contribution in [0, 0.1) is 5.92 Å². The van der Waals surface area contributed by atoms with Gasteiger partial charge in [0.25, 0.3) is 11.8 Å². The highest BCUT2D eigenvalue weighted by atomic mass is 16.2. The number of hydrogen-bond acceptors (Lipinski definition) is 3. The number of carbonyl (C=O) groups excluding carboxylic acids is 3. The van der Waals surface area contributed by atoms with Crippen molar-refractivity contribution < 1.29 is 14.4 Å². The van der Waals surface area contributed by atoms with E-state index in [-0.39, 0.29) is 23.8 Å². The monoisotopic (exact) mass is 294 g/mol. The SMILES string of the molecule is CC(C)C(C)N(C)C(=O)CCCCCN1C(=O)C=CC1=O. The second-order valence-electron chi connectivity index (χ2n) is 5.96. The number of amides is 3. The summed E-state index contributed by atoms with van der Waals surface area (Å²) in [6, 6.07) is 0.239. The molecular formula is C16H26N2O3. The van der Waals surface area contributed by atoms with Gasteiger partial charge in [0.15, 0.2) is 0 Å². The van der Waals surface area contributed by atoms with E-state index < -0.39 is 0 Å². The summed E-state index contributed by atoms with van der Waals surface area (Å²) in [6.07, 6.45) is 5.50. The van der Waals surface area contributed by atoms with E-state index in [0.29, 0.717) is 18.9 Å². The van der Waals surface area contributed by atoms with Gasteiger partial charge in [-0.15, -0.1) is 0 Å². The van der Waals surface area contributed by atoms with Crippen LogP contribution in [0.1, 0.15) is 46.5 Å². The van der Waals surface area contributed by atoms with Gasteiger partial charge in [0.05, 0.1) is 0 Å².